The van der Waals surface area contributed by atoms with Crippen LogP contribution in [-0.4, -0.2) is 58.5 Å². The van der Waals surface area contributed by atoms with Crippen LogP contribution in [0.3, 0.4) is 0 Å². The van der Waals surface area contributed by atoms with E-state index in [2.05, 4.69) is 10.2 Å². The molecule has 1 atom stereocenters. The van der Waals surface area contributed by atoms with Crippen LogP contribution in [0.15, 0.2) is 36.4 Å². The molecule has 2 heterocycles. The second-order valence-corrected chi connectivity index (χ2v) is 6.57. The number of rotatable bonds is 7. The number of nitrogens with zero attached hydrogens (tertiary/aromatic N) is 3. The number of hydrogen-bond donors (Lipinski definition) is 1. The van der Waals surface area contributed by atoms with Gasteiger partial charge in [0.25, 0.3) is 5.91 Å². The number of carbonyl (C=O) groups excluding carboxylic acids is 2. The molecule has 1 aliphatic rings. The van der Waals surface area contributed by atoms with Crippen molar-refractivity contribution < 1.29 is 14.3 Å². The van der Waals surface area contributed by atoms with Gasteiger partial charge in [0.15, 0.2) is 5.69 Å². The van der Waals surface area contributed by atoms with Crippen LogP contribution in [0.2, 0.25) is 0 Å². The molecule has 1 N–H and O–H groups in total. The van der Waals surface area contributed by atoms with Crippen molar-refractivity contribution in [2.75, 3.05) is 26.7 Å². The number of carbonyl (C=O) groups is 2. The molecule has 1 fully saturated rings. The molecule has 1 aromatic carbocycles. The molecule has 26 heavy (non-hydrogen) atoms. The molecule has 2 amide bonds. The molecule has 0 bridgehead atoms. The van der Waals surface area contributed by atoms with Gasteiger partial charge in [-0.3, -0.25) is 14.7 Å². The third-order valence-electron chi connectivity index (χ3n) is 4.54. The van der Waals surface area contributed by atoms with Crippen molar-refractivity contribution in [1.29, 1.82) is 0 Å². The lowest BCUT2D eigenvalue weighted by molar-refractivity contribution is -0.127. The minimum atomic E-state index is -0.158. The summed E-state index contributed by atoms with van der Waals surface area (Å²) < 4.78 is 5.65. The molecule has 7 nitrogen and oxygen atoms in total. The first-order valence-corrected chi connectivity index (χ1v) is 8.82. The number of ether oxygens (including phenoxy) is 1. The van der Waals surface area contributed by atoms with E-state index in [1.165, 1.54) is 0 Å². The van der Waals surface area contributed by atoms with E-state index in [1.807, 2.05) is 42.2 Å². The summed E-state index contributed by atoms with van der Waals surface area (Å²) in [4.78, 5) is 27.8. The maximum absolute atomic E-state index is 12.6. The minimum Gasteiger partial charge on any atom is -0.487 e. The van der Waals surface area contributed by atoms with Gasteiger partial charge >= 0.3 is 0 Å². The Hall–Kier alpha value is -2.83. The third-order valence-corrected chi connectivity index (χ3v) is 4.54. The van der Waals surface area contributed by atoms with Crippen LogP contribution in [-0.2, 0) is 11.4 Å². The van der Waals surface area contributed by atoms with E-state index in [1.54, 1.807) is 18.0 Å². The largest absolute Gasteiger partial charge is 0.487 e. The lowest BCUT2D eigenvalue weighted by atomic mass is 10.1. The zero-order chi connectivity index (χ0) is 18.5. The van der Waals surface area contributed by atoms with Gasteiger partial charge in [0.2, 0.25) is 5.91 Å². The van der Waals surface area contributed by atoms with Gasteiger partial charge in [0.05, 0.1) is 5.69 Å². The highest BCUT2D eigenvalue weighted by Crippen LogP contribution is 2.19. The first-order valence-electron chi connectivity index (χ1n) is 8.82. The van der Waals surface area contributed by atoms with Gasteiger partial charge in [-0.25, -0.2) is 0 Å². The van der Waals surface area contributed by atoms with Gasteiger partial charge in [-0.1, -0.05) is 18.2 Å². The van der Waals surface area contributed by atoms with E-state index < -0.39 is 0 Å². The predicted octanol–water partition coefficient (Wildman–Crippen LogP) is 1.93. The smallest absolute Gasteiger partial charge is 0.274 e. The number of H-pyrrole nitrogens is 1. The number of hydrogen-bond acceptors (Lipinski definition) is 4. The Bertz CT molecular complexity index is 759. The van der Waals surface area contributed by atoms with Crippen LogP contribution >= 0.6 is 0 Å². The number of aromatic nitrogens is 2. The van der Waals surface area contributed by atoms with Crippen molar-refractivity contribution in [3.8, 4) is 5.75 Å². The molecule has 0 aliphatic carbocycles. The van der Waals surface area contributed by atoms with Crippen LogP contribution in [0.25, 0.3) is 0 Å². The molecule has 3 rings (SSSR count). The average molecular weight is 356 g/mol. The maximum Gasteiger partial charge on any atom is 0.274 e. The highest BCUT2D eigenvalue weighted by atomic mass is 16.5. The fourth-order valence-corrected chi connectivity index (χ4v) is 3.17. The Morgan fingerprint density at radius 1 is 1.38 bits per heavy atom. The summed E-state index contributed by atoms with van der Waals surface area (Å²) in [6.07, 6.45) is 0.502. The Morgan fingerprint density at radius 2 is 2.15 bits per heavy atom. The summed E-state index contributed by atoms with van der Waals surface area (Å²) in [6, 6.07) is 11.2. The molecule has 138 valence electrons. The van der Waals surface area contributed by atoms with Gasteiger partial charge in [-0.2, -0.15) is 5.10 Å². The van der Waals surface area contributed by atoms with Crippen LogP contribution in [0.1, 0.15) is 29.5 Å². The van der Waals surface area contributed by atoms with Gasteiger partial charge < -0.3 is 14.5 Å². The standard InChI is InChI=1S/C19H24N4O3/c1-3-23-12-14(9-18(23)24)11-22(2)19(25)17-10-15(20-21-17)13-26-16-7-5-4-6-8-16/h4-8,10,14H,3,9,11-13H2,1-2H3,(H,20,21)/t14-/m1/s1. The monoisotopic (exact) mass is 356 g/mol. The normalized spacial score (nSPS) is 16.8. The highest BCUT2D eigenvalue weighted by molar-refractivity contribution is 5.92. The summed E-state index contributed by atoms with van der Waals surface area (Å²) in [5, 5.41) is 6.94. The maximum atomic E-state index is 12.6. The number of aromatic amines is 1. The van der Waals surface area contributed by atoms with Gasteiger partial charge in [0, 0.05) is 39.0 Å². The third kappa shape index (κ3) is 4.22. The number of para-hydroxylation sites is 1. The highest BCUT2D eigenvalue weighted by Gasteiger charge is 2.30. The van der Waals surface area contributed by atoms with Crippen molar-refractivity contribution in [3.05, 3.63) is 47.8 Å². The summed E-state index contributed by atoms with van der Waals surface area (Å²) in [7, 11) is 1.75. The van der Waals surface area contributed by atoms with Crippen molar-refractivity contribution in [2.24, 2.45) is 5.92 Å². The molecule has 0 spiro atoms. The van der Waals surface area contributed by atoms with Crippen molar-refractivity contribution in [3.63, 3.8) is 0 Å². The topological polar surface area (TPSA) is 78.5 Å². The Kier molecular flexibility index (Phi) is 5.55. The molecular formula is C19H24N4O3. The second-order valence-electron chi connectivity index (χ2n) is 6.57. The van der Waals surface area contributed by atoms with E-state index in [0.717, 1.165) is 18.0 Å². The number of likely N-dealkylation sites (tertiary alicyclic amines) is 1. The number of nitrogens with one attached hydrogen (secondary N) is 1. The van der Waals surface area contributed by atoms with E-state index in [9.17, 15) is 9.59 Å². The molecule has 1 aliphatic heterocycles. The van der Waals surface area contributed by atoms with Gasteiger partial charge in [-0.15, -0.1) is 0 Å². The lowest BCUT2D eigenvalue weighted by Gasteiger charge is -2.20. The fourth-order valence-electron chi connectivity index (χ4n) is 3.17. The zero-order valence-corrected chi connectivity index (χ0v) is 15.1. The van der Waals surface area contributed by atoms with Gasteiger partial charge in [-0.05, 0) is 25.1 Å². The summed E-state index contributed by atoms with van der Waals surface area (Å²) in [6.45, 7) is 4.26. The molecule has 7 heteroatoms. The summed E-state index contributed by atoms with van der Waals surface area (Å²) in [5.74, 6) is 0.947. The van der Waals surface area contributed by atoms with Crippen LogP contribution in [0, 0.1) is 5.92 Å². The van der Waals surface area contributed by atoms with E-state index in [4.69, 9.17) is 4.74 Å². The van der Waals surface area contributed by atoms with Gasteiger partial charge in [0.1, 0.15) is 12.4 Å². The van der Waals surface area contributed by atoms with E-state index >= 15 is 0 Å². The quantitative estimate of drug-likeness (QED) is 0.822. The molecule has 0 radical (unpaired) electrons. The Morgan fingerprint density at radius 3 is 2.85 bits per heavy atom. The van der Waals surface area contributed by atoms with Crippen LogP contribution < -0.4 is 4.74 Å². The predicted molar refractivity (Wildman–Crippen MR) is 96.7 cm³/mol. The van der Waals surface area contributed by atoms with Crippen LogP contribution in [0.5, 0.6) is 5.75 Å². The lowest BCUT2D eigenvalue weighted by Crippen LogP contribution is -2.33. The number of benzene rings is 1. The Balaban J connectivity index is 1.53. The first kappa shape index (κ1) is 18.0. The molecule has 0 saturated carbocycles. The van der Waals surface area contributed by atoms with Crippen molar-refractivity contribution in [1.82, 2.24) is 20.0 Å². The van der Waals surface area contributed by atoms with Crippen LogP contribution in [0.4, 0.5) is 0 Å². The molecule has 0 unspecified atom stereocenters. The summed E-state index contributed by atoms with van der Waals surface area (Å²) >= 11 is 0. The van der Waals surface area contributed by atoms with Crippen molar-refractivity contribution in [2.45, 2.75) is 20.0 Å². The summed E-state index contributed by atoms with van der Waals surface area (Å²) in [5.41, 5.74) is 1.09. The van der Waals surface area contributed by atoms with E-state index in [-0.39, 0.29) is 17.7 Å². The molecule has 1 aromatic heterocycles. The SMILES string of the molecule is CCN1C[C@@H](CN(C)C(=O)c2cc(COc3ccccc3)[nH]n2)CC1=O. The Labute approximate surface area is 152 Å². The zero-order valence-electron chi connectivity index (χ0n) is 15.1. The molecule has 2 aromatic rings. The molecular weight excluding hydrogens is 332 g/mol. The fraction of sp³-hybridized carbons (Fsp3) is 0.421. The minimum absolute atomic E-state index is 0.158. The molecule has 1 saturated heterocycles. The van der Waals surface area contributed by atoms with Crippen molar-refractivity contribution >= 4 is 11.8 Å². The first-order chi connectivity index (χ1) is 12.6. The second kappa shape index (κ2) is 8.03. The average Bonchev–Trinajstić information content (AvgIpc) is 3.26. The number of amides is 2. The van der Waals surface area contributed by atoms with E-state index in [0.29, 0.717) is 31.8 Å².